The minimum Gasteiger partial charge on any atom is -0.428 e. The van der Waals surface area contributed by atoms with Crippen molar-refractivity contribution in [3.8, 4) is 5.75 Å². The fraction of sp³-hybridized carbons (Fsp3) is 0.161. The number of hydrogen-bond acceptors (Lipinski definition) is 3. The quantitative estimate of drug-likeness (QED) is 0.150. The lowest BCUT2D eigenvalue weighted by atomic mass is 9.77. The van der Waals surface area contributed by atoms with Crippen LogP contribution in [0.3, 0.4) is 0 Å². The average Bonchev–Trinajstić information content (AvgIpc) is 2.96. The molecule has 0 heterocycles. The molecule has 0 spiro atoms. The highest BCUT2D eigenvalue weighted by molar-refractivity contribution is 7.27. The number of amides is 2. The van der Waals surface area contributed by atoms with Crippen LogP contribution in [-0.2, 0) is 18.1 Å². The molecule has 0 saturated heterocycles. The number of benzene rings is 4. The second-order valence-corrected chi connectivity index (χ2v) is 10.6. The monoisotopic (exact) mass is 654 g/mol. The van der Waals surface area contributed by atoms with E-state index in [1.54, 1.807) is 30.3 Å². The zero-order valence-corrected chi connectivity index (χ0v) is 24.0. The van der Waals surface area contributed by atoms with Gasteiger partial charge in [0.15, 0.2) is 0 Å². The van der Waals surface area contributed by atoms with Crippen LogP contribution in [0.2, 0.25) is 0 Å². The van der Waals surface area contributed by atoms with Crippen LogP contribution in [-0.4, -0.2) is 24.3 Å². The topological polar surface area (TPSA) is 81.4 Å². The Morgan fingerprint density at radius 3 is 2.02 bits per heavy atom. The number of primary amides is 1. The lowest BCUT2D eigenvalue weighted by Gasteiger charge is -2.37. The van der Waals surface area contributed by atoms with Crippen LogP contribution in [0.4, 0.5) is 35.1 Å². The van der Waals surface area contributed by atoms with E-state index in [9.17, 15) is 44.7 Å². The van der Waals surface area contributed by atoms with Gasteiger partial charge in [-0.05, 0) is 70.5 Å². The van der Waals surface area contributed by atoms with Gasteiger partial charge in [0.1, 0.15) is 11.6 Å². The van der Waals surface area contributed by atoms with Crippen molar-refractivity contribution in [1.29, 1.82) is 0 Å². The molecule has 3 N–H and O–H groups in total. The van der Waals surface area contributed by atoms with E-state index >= 15 is 0 Å². The van der Waals surface area contributed by atoms with E-state index in [1.165, 1.54) is 30.3 Å². The lowest BCUT2D eigenvalue weighted by Crippen LogP contribution is -2.49. The average molecular weight is 654 g/mol. The Bertz CT molecular complexity index is 1700. The number of rotatable bonds is 10. The van der Waals surface area contributed by atoms with Gasteiger partial charge in [-0.2, -0.15) is 30.7 Å². The van der Waals surface area contributed by atoms with Crippen LogP contribution in [0.15, 0.2) is 91.0 Å². The van der Waals surface area contributed by atoms with Crippen LogP contribution in [0, 0.1) is 5.82 Å². The van der Waals surface area contributed by atoms with E-state index in [0.717, 1.165) is 18.2 Å². The molecule has 2 atom stereocenters. The smallest absolute Gasteiger partial charge is 0.428 e. The van der Waals surface area contributed by atoms with Crippen molar-refractivity contribution in [3.63, 3.8) is 0 Å². The Kier molecular flexibility index (Phi) is 9.53. The number of hydrogen-bond donors (Lipinski definition) is 2. The van der Waals surface area contributed by atoms with E-state index in [4.69, 9.17) is 5.73 Å². The molecule has 0 fully saturated rings. The van der Waals surface area contributed by atoms with E-state index in [1.807, 2.05) is 0 Å². The summed E-state index contributed by atoms with van der Waals surface area (Å²) in [4.78, 5) is 25.5. The third-order valence-corrected chi connectivity index (χ3v) is 7.10. The number of ether oxygens (including phenoxy) is 1. The molecule has 0 saturated carbocycles. The molecular weight excluding hydrogens is 631 g/mol. The van der Waals surface area contributed by atoms with Crippen molar-refractivity contribution in [3.05, 3.63) is 130 Å². The molecule has 236 valence electrons. The molecule has 4 aromatic carbocycles. The van der Waals surface area contributed by atoms with Crippen LogP contribution >= 0.6 is 9.24 Å². The van der Waals surface area contributed by atoms with E-state index in [2.05, 4.69) is 19.3 Å². The Labute approximate surface area is 253 Å². The number of carbonyl (C=O) groups excluding carboxylic acids is 2. The molecule has 0 aliphatic carbocycles. The molecular formula is C31H23F8N2O3P. The second-order valence-electron chi connectivity index (χ2n) is 9.91. The Balaban J connectivity index is 1.98. The molecule has 4 rings (SSSR count). The van der Waals surface area contributed by atoms with Crippen molar-refractivity contribution < 1.29 is 49.4 Å². The summed E-state index contributed by atoms with van der Waals surface area (Å²) in [6.45, 7) is 0. The summed E-state index contributed by atoms with van der Waals surface area (Å²) in [7, 11) is 2.20. The maximum Gasteiger partial charge on any atom is 0.461 e. The predicted molar refractivity (Wildman–Crippen MR) is 152 cm³/mol. The van der Waals surface area contributed by atoms with E-state index < -0.39 is 58.8 Å². The van der Waals surface area contributed by atoms with Crippen LogP contribution in [0.5, 0.6) is 5.75 Å². The summed E-state index contributed by atoms with van der Waals surface area (Å²) in [6.07, 6.45) is -14.4. The zero-order chi connectivity index (χ0) is 33.2. The van der Waals surface area contributed by atoms with Gasteiger partial charge in [-0.1, -0.05) is 42.5 Å². The second kappa shape index (κ2) is 12.8. The predicted octanol–water partition coefficient (Wildman–Crippen LogP) is 6.60. The van der Waals surface area contributed by atoms with Crippen LogP contribution < -0.4 is 21.1 Å². The number of carbonyl (C=O) groups is 2. The number of alkyl halides is 7. The SMILES string of the molecule is NC(=O)c1ccc(C(Cc2ccccc2)(NC(=O)c2ccc(F)c(C(F)(F)F)c2)c2cc(P)cc(OC(F)(F)C(F)F)c2)cc1. The molecule has 2 unspecified atom stereocenters. The van der Waals surface area contributed by atoms with Gasteiger partial charge in [0, 0.05) is 17.5 Å². The molecule has 4 aromatic rings. The Hall–Kier alpha value is -4.51. The summed E-state index contributed by atoms with van der Waals surface area (Å²) in [5.41, 5.74) is 1.97. The van der Waals surface area contributed by atoms with E-state index in [-0.39, 0.29) is 28.4 Å². The van der Waals surface area contributed by atoms with Gasteiger partial charge < -0.3 is 15.8 Å². The molecule has 0 aromatic heterocycles. The fourth-order valence-electron chi connectivity index (χ4n) is 4.66. The van der Waals surface area contributed by atoms with Gasteiger partial charge in [0.25, 0.3) is 5.91 Å². The number of halogens is 8. The van der Waals surface area contributed by atoms with Gasteiger partial charge in [-0.3, -0.25) is 9.59 Å². The number of nitrogens with two attached hydrogens (primary N) is 1. The third-order valence-electron chi connectivity index (χ3n) is 6.76. The standard InChI is InChI=1S/C31H23F8N2O3P/c32-25-11-8-19(12-24(25)30(35,36)37)27(43)41-29(16-17-4-2-1-3-5-17,20-9-6-18(7-10-20)26(40)42)21-13-22(15-23(45)14-21)44-31(38,39)28(33)34/h1-15,28H,16,45H2,(H2,40,42)(H,41,43). The van der Waals surface area contributed by atoms with E-state index in [0.29, 0.717) is 17.7 Å². The first kappa shape index (κ1) is 33.4. The van der Waals surface area contributed by atoms with Crippen molar-refractivity contribution in [2.45, 2.75) is 30.7 Å². The summed E-state index contributed by atoms with van der Waals surface area (Å²) < 4.78 is 113. The molecule has 2 amide bonds. The molecule has 5 nitrogen and oxygen atoms in total. The summed E-state index contributed by atoms with van der Waals surface area (Å²) in [5.74, 6) is -4.27. The van der Waals surface area contributed by atoms with Crippen molar-refractivity contribution in [2.75, 3.05) is 0 Å². The molecule has 0 aliphatic heterocycles. The molecule has 14 heteroatoms. The maximum absolute atomic E-state index is 14.0. The highest BCUT2D eigenvalue weighted by Crippen LogP contribution is 2.38. The van der Waals surface area contributed by atoms with Gasteiger partial charge >= 0.3 is 18.7 Å². The van der Waals surface area contributed by atoms with Crippen molar-refractivity contribution >= 4 is 26.4 Å². The first-order valence-corrected chi connectivity index (χ1v) is 13.5. The molecule has 45 heavy (non-hydrogen) atoms. The number of nitrogens with one attached hydrogen (secondary N) is 1. The normalized spacial score (nSPS) is 13.3. The minimum absolute atomic E-state index is 0.0164. The summed E-state index contributed by atoms with van der Waals surface area (Å²) >= 11 is 0. The molecule has 0 bridgehead atoms. The lowest BCUT2D eigenvalue weighted by molar-refractivity contribution is -0.253. The Morgan fingerprint density at radius 2 is 1.44 bits per heavy atom. The Morgan fingerprint density at radius 1 is 0.822 bits per heavy atom. The van der Waals surface area contributed by atoms with Gasteiger partial charge in [-0.25, -0.2) is 4.39 Å². The van der Waals surface area contributed by atoms with Gasteiger partial charge in [0.2, 0.25) is 5.91 Å². The maximum atomic E-state index is 14.0. The van der Waals surface area contributed by atoms with Gasteiger partial charge in [0.05, 0.1) is 11.1 Å². The molecule has 0 aliphatic rings. The molecule has 0 radical (unpaired) electrons. The largest absolute Gasteiger partial charge is 0.461 e. The van der Waals surface area contributed by atoms with Gasteiger partial charge in [-0.15, -0.1) is 9.24 Å². The van der Waals surface area contributed by atoms with Crippen LogP contribution in [0.1, 0.15) is 43.0 Å². The highest BCUT2D eigenvalue weighted by Gasteiger charge is 2.45. The summed E-state index contributed by atoms with van der Waals surface area (Å²) in [5, 5.41) is 2.82. The third kappa shape index (κ3) is 7.59. The zero-order valence-electron chi connectivity index (χ0n) is 22.8. The van der Waals surface area contributed by atoms with Crippen LogP contribution in [0.25, 0.3) is 0 Å². The summed E-state index contributed by atoms with van der Waals surface area (Å²) in [6, 6.07) is 18.6. The van der Waals surface area contributed by atoms with Crippen molar-refractivity contribution in [1.82, 2.24) is 5.32 Å². The highest BCUT2D eigenvalue weighted by atomic mass is 31.0. The minimum atomic E-state index is -5.14. The fourth-order valence-corrected chi connectivity index (χ4v) is 5.00. The van der Waals surface area contributed by atoms with Crippen molar-refractivity contribution in [2.24, 2.45) is 5.73 Å². The first-order chi connectivity index (χ1) is 21.0. The first-order valence-electron chi connectivity index (χ1n) is 12.9.